The molecular formula is C15H17N3O. The van der Waals surface area contributed by atoms with Crippen LogP contribution < -0.4 is 5.32 Å². The van der Waals surface area contributed by atoms with Gasteiger partial charge in [0.05, 0.1) is 6.20 Å². The summed E-state index contributed by atoms with van der Waals surface area (Å²) in [6, 6.07) is 6.06. The predicted molar refractivity (Wildman–Crippen MR) is 72.8 cm³/mol. The topological polar surface area (TPSA) is 57.8 Å². The van der Waals surface area contributed by atoms with Crippen LogP contribution in [0.2, 0.25) is 0 Å². The minimum atomic E-state index is -0.0189. The first-order valence-corrected chi connectivity index (χ1v) is 6.70. The molecule has 3 rings (SSSR count). The molecule has 4 heteroatoms. The Morgan fingerprint density at radius 1 is 1.26 bits per heavy atom. The summed E-state index contributed by atoms with van der Waals surface area (Å²) in [6.45, 7) is 0.506. The number of hydrogen-bond donors (Lipinski definition) is 2. The van der Waals surface area contributed by atoms with Crippen LogP contribution in [0.1, 0.15) is 39.9 Å². The fourth-order valence-corrected chi connectivity index (χ4v) is 2.53. The number of aryl methyl sites for hydroxylation is 2. The van der Waals surface area contributed by atoms with Gasteiger partial charge in [0, 0.05) is 23.9 Å². The first-order chi connectivity index (χ1) is 9.33. The quantitative estimate of drug-likeness (QED) is 0.883. The zero-order chi connectivity index (χ0) is 13.1. The van der Waals surface area contributed by atoms with Crippen molar-refractivity contribution >= 4 is 5.91 Å². The van der Waals surface area contributed by atoms with Crippen LogP contribution in [0, 0.1) is 0 Å². The van der Waals surface area contributed by atoms with E-state index in [9.17, 15) is 4.79 Å². The van der Waals surface area contributed by atoms with Gasteiger partial charge in [-0.2, -0.15) is 5.10 Å². The Labute approximate surface area is 112 Å². The number of benzene rings is 1. The van der Waals surface area contributed by atoms with Gasteiger partial charge in [-0.05, 0) is 48.9 Å². The van der Waals surface area contributed by atoms with Crippen molar-refractivity contribution in [2.75, 3.05) is 0 Å². The summed E-state index contributed by atoms with van der Waals surface area (Å²) in [5.41, 5.74) is 4.47. The highest BCUT2D eigenvalue weighted by Crippen LogP contribution is 2.22. The lowest BCUT2D eigenvalue weighted by atomic mass is 9.90. The van der Waals surface area contributed by atoms with Gasteiger partial charge >= 0.3 is 0 Å². The maximum Gasteiger partial charge on any atom is 0.251 e. The number of nitrogens with zero attached hydrogens (tertiary/aromatic N) is 1. The van der Waals surface area contributed by atoms with Crippen LogP contribution in [-0.2, 0) is 19.4 Å². The van der Waals surface area contributed by atoms with E-state index in [1.807, 2.05) is 12.1 Å². The van der Waals surface area contributed by atoms with E-state index in [-0.39, 0.29) is 5.91 Å². The second-order valence-corrected chi connectivity index (χ2v) is 4.98. The lowest BCUT2D eigenvalue weighted by Gasteiger charge is -2.16. The molecule has 0 unspecified atom stereocenters. The third-order valence-corrected chi connectivity index (χ3v) is 3.62. The summed E-state index contributed by atoms with van der Waals surface area (Å²) in [6.07, 6.45) is 8.23. The van der Waals surface area contributed by atoms with Gasteiger partial charge < -0.3 is 5.32 Å². The number of amides is 1. The maximum atomic E-state index is 12.1. The van der Waals surface area contributed by atoms with Crippen molar-refractivity contribution < 1.29 is 4.79 Å². The van der Waals surface area contributed by atoms with Crippen molar-refractivity contribution in [2.24, 2.45) is 0 Å². The van der Waals surface area contributed by atoms with Gasteiger partial charge in [-0.3, -0.25) is 9.89 Å². The van der Waals surface area contributed by atoms with E-state index in [4.69, 9.17) is 0 Å². The number of fused-ring (bicyclic) bond motifs is 1. The molecule has 1 aliphatic rings. The number of aromatic nitrogens is 2. The number of aromatic amines is 1. The van der Waals surface area contributed by atoms with E-state index in [0.717, 1.165) is 24.0 Å². The van der Waals surface area contributed by atoms with Crippen molar-refractivity contribution in [3.8, 4) is 0 Å². The highest BCUT2D eigenvalue weighted by Gasteiger charge is 2.12. The van der Waals surface area contributed by atoms with Gasteiger partial charge in [-0.1, -0.05) is 6.07 Å². The predicted octanol–water partition coefficient (Wildman–Crippen LogP) is 2.22. The molecule has 19 heavy (non-hydrogen) atoms. The van der Waals surface area contributed by atoms with Gasteiger partial charge in [0.15, 0.2) is 0 Å². The molecule has 0 atom stereocenters. The molecule has 0 saturated carbocycles. The molecule has 98 valence electrons. The summed E-state index contributed by atoms with van der Waals surface area (Å²) >= 11 is 0. The summed E-state index contributed by atoms with van der Waals surface area (Å²) in [7, 11) is 0. The number of carbonyl (C=O) groups excluding carboxylic acids is 1. The Balaban J connectivity index is 1.69. The molecular weight excluding hydrogens is 238 g/mol. The monoisotopic (exact) mass is 255 g/mol. The first-order valence-electron chi connectivity index (χ1n) is 6.70. The van der Waals surface area contributed by atoms with Crippen molar-refractivity contribution in [1.82, 2.24) is 15.5 Å². The van der Waals surface area contributed by atoms with Crippen molar-refractivity contribution in [3.05, 3.63) is 52.8 Å². The second-order valence-electron chi connectivity index (χ2n) is 4.98. The van der Waals surface area contributed by atoms with Crippen LogP contribution in [0.25, 0.3) is 0 Å². The lowest BCUT2D eigenvalue weighted by Crippen LogP contribution is -2.23. The molecule has 1 heterocycles. The molecule has 0 saturated heterocycles. The standard InChI is InChI=1S/C15H17N3O/c19-15(16-8-11-9-17-18-10-11)14-6-5-12-3-1-2-4-13(12)7-14/h5-7,9-10H,1-4,8H2,(H,16,19)(H,17,18). The van der Waals surface area contributed by atoms with Crippen LogP contribution in [0.3, 0.4) is 0 Å². The Hall–Kier alpha value is -2.10. The Morgan fingerprint density at radius 3 is 2.89 bits per heavy atom. The van der Waals surface area contributed by atoms with Crippen LogP contribution in [0.5, 0.6) is 0 Å². The molecule has 2 N–H and O–H groups in total. The van der Waals surface area contributed by atoms with Gasteiger partial charge in [-0.15, -0.1) is 0 Å². The molecule has 1 aromatic heterocycles. The van der Waals surface area contributed by atoms with Gasteiger partial charge in [-0.25, -0.2) is 0 Å². The van der Waals surface area contributed by atoms with Crippen molar-refractivity contribution in [3.63, 3.8) is 0 Å². The molecule has 1 aliphatic carbocycles. The number of H-pyrrole nitrogens is 1. The van der Waals surface area contributed by atoms with E-state index in [1.165, 1.54) is 24.0 Å². The van der Waals surface area contributed by atoms with E-state index in [2.05, 4.69) is 21.6 Å². The molecule has 0 bridgehead atoms. The normalized spacial score (nSPS) is 13.9. The fourth-order valence-electron chi connectivity index (χ4n) is 2.53. The van der Waals surface area contributed by atoms with E-state index in [1.54, 1.807) is 12.4 Å². The largest absolute Gasteiger partial charge is 0.348 e. The maximum absolute atomic E-state index is 12.1. The van der Waals surface area contributed by atoms with Crippen molar-refractivity contribution in [1.29, 1.82) is 0 Å². The first kappa shape index (κ1) is 12.0. The van der Waals surface area contributed by atoms with E-state index in [0.29, 0.717) is 6.54 Å². The molecule has 0 fully saturated rings. The minimum absolute atomic E-state index is 0.0189. The summed E-state index contributed by atoms with van der Waals surface area (Å²) in [5.74, 6) is -0.0189. The van der Waals surface area contributed by atoms with Crippen LogP contribution in [0.15, 0.2) is 30.6 Å². The molecule has 1 aromatic carbocycles. The average molecular weight is 255 g/mol. The van der Waals surface area contributed by atoms with E-state index >= 15 is 0 Å². The number of hydrogen-bond acceptors (Lipinski definition) is 2. The number of rotatable bonds is 3. The molecule has 1 amide bonds. The number of carbonyl (C=O) groups is 1. The van der Waals surface area contributed by atoms with E-state index < -0.39 is 0 Å². The molecule has 4 nitrogen and oxygen atoms in total. The van der Waals surface area contributed by atoms with Crippen molar-refractivity contribution in [2.45, 2.75) is 32.2 Å². The van der Waals surface area contributed by atoms with Crippen LogP contribution >= 0.6 is 0 Å². The summed E-state index contributed by atoms with van der Waals surface area (Å²) in [5, 5.41) is 9.50. The second kappa shape index (κ2) is 5.26. The average Bonchev–Trinajstić information content (AvgIpc) is 2.97. The SMILES string of the molecule is O=C(NCc1cn[nH]c1)c1ccc2c(c1)CCCC2. The van der Waals surface area contributed by atoms with Gasteiger partial charge in [0.25, 0.3) is 5.91 Å². The molecule has 0 spiro atoms. The Bertz CT molecular complexity index is 575. The Morgan fingerprint density at radius 2 is 2.11 bits per heavy atom. The third-order valence-electron chi connectivity index (χ3n) is 3.62. The lowest BCUT2D eigenvalue weighted by molar-refractivity contribution is 0.0951. The smallest absolute Gasteiger partial charge is 0.251 e. The highest BCUT2D eigenvalue weighted by atomic mass is 16.1. The molecule has 0 aliphatic heterocycles. The zero-order valence-electron chi connectivity index (χ0n) is 10.8. The fraction of sp³-hybridized carbons (Fsp3) is 0.333. The van der Waals surface area contributed by atoms with Gasteiger partial charge in [0.2, 0.25) is 0 Å². The number of nitrogens with one attached hydrogen (secondary N) is 2. The van der Waals surface area contributed by atoms with Crippen LogP contribution in [-0.4, -0.2) is 16.1 Å². The zero-order valence-corrected chi connectivity index (χ0v) is 10.8. The molecule has 0 radical (unpaired) electrons. The minimum Gasteiger partial charge on any atom is -0.348 e. The third kappa shape index (κ3) is 2.67. The summed E-state index contributed by atoms with van der Waals surface area (Å²) < 4.78 is 0. The van der Waals surface area contributed by atoms with Crippen LogP contribution in [0.4, 0.5) is 0 Å². The van der Waals surface area contributed by atoms with Gasteiger partial charge in [0.1, 0.15) is 0 Å². The molecule has 2 aromatic rings. The Kier molecular flexibility index (Phi) is 3.31. The summed E-state index contributed by atoms with van der Waals surface area (Å²) in [4.78, 5) is 12.1. The highest BCUT2D eigenvalue weighted by molar-refractivity contribution is 5.94.